The summed E-state index contributed by atoms with van der Waals surface area (Å²) in [5.41, 5.74) is 0.537. The SMILES string of the molecule is O=C(CSc1ccccc1)Nc1ccc(OC(F)F)cc1. The Hall–Kier alpha value is -2.08. The number of carbonyl (C=O) groups excluding carboxylic acids is 1. The second-order valence-electron chi connectivity index (χ2n) is 4.05. The Morgan fingerprint density at radius 3 is 2.38 bits per heavy atom. The number of amides is 1. The number of rotatable bonds is 6. The van der Waals surface area contributed by atoms with Crippen molar-refractivity contribution >= 4 is 23.4 Å². The highest BCUT2D eigenvalue weighted by Gasteiger charge is 2.06. The molecule has 3 nitrogen and oxygen atoms in total. The van der Waals surface area contributed by atoms with E-state index in [9.17, 15) is 13.6 Å². The first-order chi connectivity index (χ1) is 10.1. The van der Waals surface area contributed by atoms with Crippen LogP contribution in [0.1, 0.15) is 0 Å². The van der Waals surface area contributed by atoms with E-state index in [-0.39, 0.29) is 17.4 Å². The molecule has 0 radical (unpaired) electrons. The first-order valence-corrected chi connectivity index (χ1v) is 7.14. The Morgan fingerprint density at radius 2 is 1.76 bits per heavy atom. The Kier molecular flexibility index (Phi) is 5.57. The minimum atomic E-state index is -2.85. The maximum absolute atomic E-state index is 12.0. The fourth-order valence-electron chi connectivity index (χ4n) is 1.58. The molecule has 1 N–H and O–H groups in total. The summed E-state index contributed by atoms with van der Waals surface area (Å²) in [5.74, 6) is 0.173. The molecule has 0 aliphatic heterocycles. The standard InChI is InChI=1S/C15H13F2NO2S/c16-15(17)20-12-8-6-11(7-9-12)18-14(19)10-21-13-4-2-1-3-5-13/h1-9,15H,10H2,(H,18,19). The van der Waals surface area contributed by atoms with Crippen LogP contribution in [0.15, 0.2) is 59.5 Å². The van der Waals surface area contributed by atoms with Gasteiger partial charge in [0.05, 0.1) is 5.75 Å². The van der Waals surface area contributed by atoms with Crippen LogP contribution in [0.2, 0.25) is 0 Å². The van der Waals surface area contributed by atoms with Crippen LogP contribution < -0.4 is 10.1 Å². The van der Waals surface area contributed by atoms with Gasteiger partial charge in [-0.15, -0.1) is 11.8 Å². The number of thioether (sulfide) groups is 1. The van der Waals surface area contributed by atoms with Gasteiger partial charge in [0, 0.05) is 10.6 Å². The maximum atomic E-state index is 12.0. The van der Waals surface area contributed by atoms with Crippen molar-refractivity contribution in [2.45, 2.75) is 11.5 Å². The summed E-state index contributed by atoms with van der Waals surface area (Å²) < 4.78 is 28.2. The molecule has 110 valence electrons. The molecule has 6 heteroatoms. The minimum absolute atomic E-state index is 0.0571. The van der Waals surface area contributed by atoms with Gasteiger partial charge in [0.15, 0.2) is 0 Å². The molecule has 0 unspecified atom stereocenters. The lowest BCUT2D eigenvalue weighted by Gasteiger charge is -2.07. The van der Waals surface area contributed by atoms with Gasteiger partial charge >= 0.3 is 6.61 Å². The maximum Gasteiger partial charge on any atom is 0.387 e. The molecular weight excluding hydrogens is 296 g/mol. The largest absolute Gasteiger partial charge is 0.435 e. The number of nitrogens with one attached hydrogen (secondary N) is 1. The van der Waals surface area contributed by atoms with Crippen molar-refractivity contribution in [3.05, 3.63) is 54.6 Å². The molecule has 21 heavy (non-hydrogen) atoms. The zero-order valence-corrected chi connectivity index (χ0v) is 11.8. The molecule has 0 heterocycles. The molecule has 0 saturated carbocycles. The number of hydrogen-bond acceptors (Lipinski definition) is 3. The molecule has 0 aromatic heterocycles. The van der Waals surface area contributed by atoms with E-state index in [2.05, 4.69) is 10.1 Å². The van der Waals surface area contributed by atoms with Crippen LogP contribution in [0, 0.1) is 0 Å². The number of alkyl halides is 2. The minimum Gasteiger partial charge on any atom is -0.435 e. The zero-order chi connectivity index (χ0) is 15.1. The van der Waals surface area contributed by atoms with Gasteiger partial charge in [0.25, 0.3) is 0 Å². The van der Waals surface area contributed by atoms with Gasteiger partial charge in [-0.05, 0) is 36.4 Å². The van der Waals surface area contributed by atoms with Crippen LogP contribution in [-0.4, -0.2) is 18.3 Å². The predicted molar refractivity (Wildman–Crippen MR) is 78.9 cm³/mol. The average Bonchev–Trinajstić information content (AvgIpc) is 2.48. The summed E-state index contributed by atoms with van der Waals surface area (Å²) in [7, 11) is 0. The van der Waals surface area contributed by atoms with Crippen LogP contribution in [0.3, 0.4) is 0 Å². The normalized spacial score (nSPS) is 10.4. The number of carbonyl (C=O) groups is 1. The van der Waals surface area contributed by atoms with Gasteiger partial charge in [-0.1, -0.05) is 18.2 Å². The van der Waals surface area contributed by atoms with Gasteiger partial charge in [0.2, 0.25) is 5.91 Å². The fraction of sp³-hybridized carbons (Fsp3) is 0.133. The summed E-state index contributed by atoms with van der Waals surface area (Å²) >= 11 is 1.42. The molecule has 0 aliphatic rings. The quantitative estimate of drug-likeness (QED) is 0.819. The van der Waals surface area contributed by atoms with E-state index in [0.717, 1.165) is 4.90 Å². The Bertz CT molecular complexity index is 576. The highest BCUT2D eigenvalue weighted by atomic mass is 32.2. The second-order valence-corrected chi connectivity index (χ2v) is 5.10. The number of ether oxygens (including phenoxy) is 1. The molecular formula is C15H13F2NO2S. The first-order valence-electron chi connectivity index (χ1n) is 6.16. The van der Waals surface area contributed by atoms with Crippen molar-refractivity contribution in [2.24, 2.45) is 0 Å². The van der Waals surface area contributed by atoms with Gasteiger partial charge < -0.3 is 10.1 Å². The Morgan fingerprint density at radius 1 is 1.10 bits per heavy atom. The lowest BCUT2D eigenvalue weighted by atomic mass is 10.3. The van der Waals surface area contributed by atoms with Crippen LogP contribution in [0.4, 0.5) is 14.5 Å². The fourth-order valence-corrected chi connectivity index (χ4v) is 2.30. The molecule has 0 bridgehead atoms. The van der Waals surface area contributed by atoms with Crippen molar-refractivity contribution in [1.82, 2.24) is 0 Å². The molecule has 1 amide bonds. The van der Waals surface area contributed by atoms with E-state index in [0.29, 0.717) is 5.69 Å². The first kappa shape index (κ1) is 15.3. The number of benzene rings is 2. The van der Waals surface area contributed by atoms with Crippen LogP contribution in [-0.2, 0) is 4.79 Å². The van der Waals surface area contributed by atoms with Crippen LogP contribution in [0.5, 0.6) is 5.75 Å². The van der Waals surface area contributed by atoms with E-state index in [4.69, 9.17) is 0 Å². The van der Waals surface area contributed by atoms with E-state index >= 15 is 0 Å². The summed E-state index contributed by atoms with van der Waals surface area (Å²) in [6.45, 7) is -2.85. The van der Waals surface area contributed by atoms with E-state index in [1.165, 1.54) is 36.0 Å². The molecule has 0 spiro atoms. The van der Waals surface area contributed by atoms with E-state index in [1.807, 2.05) is 30.3 Å². The van der Waals surface area contributed by atoms with Crippen molar-refractivity contribution in [2.75, 3.05) is 11.1 Å². The van der Waals surface area contributed by atoms with Crippen molar-refractivity contribution in [3.8, 4) is 5.75 Å². The Labute approximate surface area is 125 Å². The topological polar surface area (TPSA) is 38.3 Å². The predicted octanol–water partition coefficient (Wildman–Crippen LogP) is 4.02. The smallest absolute Gasteiger partial charge is 0.387 e. The van der Waals surface area contributed by atoms with Gasteiger partial charge in [-0.3, -0.25) is 4.79 Å². The van der Waals surface area contributed by atoms with Gasteiger partial charge in [0.1, 0.15) is 5.75 Å². The third kappa shape index (κ3) is 5.43. The second kappa shape index (κ2) is 7.64. The number of hydrogen-bond donors (Lipinski definition) is 1. The van der Waals surface area contributed by atoms with Gasteiger partial charge in [-0.25, -0.2) is 0 Å². The molecule has 0 atom stereocenters. The van der Waals surface area contributed by atoms with Crippen LogP contribution in [0.25, 0.3) is 0 Å². The summed E-state index contributed by atoms with van der Waals surface area (Å²) in [5, 5.41) is 2.69. The molecule has 0 fully saturated rings. The number of halogens is 2. The highest BCUT2D eigenvalue weighted by molar-refractivity contribution is 8.00. The molecule has 2 aromatic carbocycles. The number of anilines is 1. The summed E-state index contributed by atoms with van der Waals surface area (Å²) in [4.78, 5) is 12.8. The monoisotopic (exact) mass is 309 g/mol. The third-order valence-corrected chi connectivity index (χ3v) is 3.49. The average molecular weight is 309 g/mol. The van der Waals surface area contributed by atoms with E-state index < -0.39 is 6.61 Å². The zero-order valence-electron chi connectivity index (χ0n) is 11.0. The molecule has 2 aromatic rings. The van der Waals surface area contributed by atoms with E-state index in [1.54, 1.807) is 0 Å². The molecule has 0 aliphatic carbocycles. The summed E-state index contributed by atoms with van der Waals surface area (Å²) in [6.07, 6.45) is 0. The third-order valence-electron chi connectivity index (χ3n) is 2.48. The lowest BCUT2D eigenvalue weighted by molar-refractivity contribution is -0.113. The highest BCUT2D eigenvalue weighted by Crippen LogP contribution is 2.19. The lowest BCUT2D eigenvalue weighted by Crippen LogP contribution is -2.13. The van der Waals surface area contributed by atoms with Crippen LogP contribution >= 0.6 is 11.8 Å². The Balaban J connectivity index is 1.82. The molecule has 0 saturated heterocycles. The van der Waals surface area contributed by atoms with Crippen molar-refractivity contribution in [1.29, 1.82) is 0 Å². The summed E-state index contributed by atoms with van der Waals surface area (Å²) in [6, 6.07) is 15.4. The van der Waals surface area contributed by atoms with Crippen molar-refractivity contribution in [3.63, 3.8) is 0 Å². The van der Waals surface area contributed by atoms with Gasteiger partial charge in [-0.2, -0.15) is 8.78 Å². The van der Waals surface area contributed by atoms with Crippen molar-refractivity contribution < 1.29 is 18.3 Å². The molecule has 2 rings (SSSR count).